The minimum atomic E-state index is 1.12. The lowest BCUT2D eigenvalue weighted by atomic mass is 10.2. The Morgan fingerprint density at radius 2 is 1.95 bits per heavy atom. The summed E-state index contributed by atoms with van der Waals surface area (Å²) < 4.78 is 1.28. The van der Waals surface area contributed by atoms with Crippen molar-refractivity contribution in [3.05, 3.63) is 59.4 Å². The first-order chi connectivity index (χ1) is 9.29. The molecule has 0 radical (unpaired) electrons. The molecule has 3 rings (SSSR count). The average molecular weight is 270 g/mol. The highest BCUT2D eigenvalue weighted by Gasteiger charge is 1.95. The van der Waals surface area contributed by atoms with Gasteiger partial charge in [-0.1, -0.05) is 31.5 Å². The molecule has 0 saturated heterocycles. The van der Waals surface area contributed by atoms with E-state index in [-0.39, 0.29) is 0 Å². The Balaban J connectivity index is 0.000000141. The fraction of sp³-hybridized carbons (Fsp3) is 0.250. The highest BCUT2D eigenvalue weighted by Crippen LogP contribution is 2.19. The van der Waals surface area contributed by atoms with Crippen molar-refractivity contribution in [1.82, 2.24) is 9.97 Å². The number of fused-ring (bicyclic) bond motifs is 1. The number of nitrogens with zero attached hydrogens (tertiary/aromatic N) is 2. The Labute approximate surface area is 118 Å². The topological polar surface area (TPSA) is 25.8 Å². The average Bonchev–Trinajstić information content (AvgIpc) is 2.81. The van der Waals surface area contributed by atoms with Crippen LogP contribution in [0.2, 0.25) is 0 Å². The van der Waals surface area contributed by atoms with E-state index in [1.807, 2.05) is 37.4 Å². The van der Waals surface area contributed by atoms with Crippen molar-refractivity contribution in [1.29, 1.82) is 0 Å². The van der Waals surface area contributed by atoms with Crippen LogP contribution in [-0.4, -0.2) is 9.97 Å². The van der Waals surface area contributed by atoms with Gasteiger partial charge in [-0.05, 0) is 37.1 Å². The normalized spacial score (nSPS) is 10.0. The minimum absolute atomic E-state index is 1.12. The number of thiazole rings is 1. The summed E-state index contributed by atoms with van der Waals surface area (Å²) in [5.74, 6) is 0. The number of para-hydroxylation sites is 1. The number of benzene rings is 1. The van der Waals surface area contributed by atoms with Gasteiger partial charge in [-0.3, -0.25) is 4.98 Å². The van der Waals surface area contributed by atoms with E-state index in [1.54, 1.807) is 17.5 Å². The summed E-state index contributed by atoms with van der Waals surface area (Å²) in [7, 11) is 0. The Bertz CT molecular complexity index is 584. The number of rotatable bonds is 2. The van der Waals surface area contributed by atoms with E-state index in [1.165, 1.54) is 16.7 Å². The van der Waals surface area contributed by atoms with Crippen LogP contribution >= 0.6 is 11.3 Å². The first kappa shape index (κ1) is 13.7. The summed E-state index contributed by atoms with van der Waals surface area (Å²) in [6, 6.07) is 12.3. The number of hydrogen-bond acceptors (Lipinski definition) is 3. The molecule has 0 aliphatic carbocycles. The van der Waals surface area contributed by atoms with Crippen molar-refractivity contribution in [2.45, 2.75) is 26.7 Å². The van der Waals surface area contributed by atoms with E-state index in [0.717, 1.165) is 16.9 Å². The fourth-order valence-electron chi connectivity index (χ4n) is 1.82. The maximum atomic E-state index is 4.33. The van der Waals surface area contributed by atoms with Crippen LogP contribution in [-0.2, 0) is 6.42 Å². The highest BCUT2D eigenvalue weighted by atomic mass is 32.1. The zero-order chi connectivity index (χ0) is 13.5. The molecule has 1 aromatic carbocycles. The lowest BCUT2D eigenvalue weighted by molar-refractivity contribution is 0.914. The van der Waals surface area contributed by atoms with Crippen LogP contribution in [0.15, 0.2) is 48.8 Å². The molecule has 0 saturated carbocycles. The first-order valence-electron chi connectivity index (χ1n) is 6.50. The van der Waals surface area contributed by atoms with Crippen molar-refractivity contribution in [2.24, 2.45) is 0 Å². The molecule has 0 spiro atoms. The quantitative estimate of drug-likeness (QED) is 0.678. The van der Waals surface area contributed by atoms with Gasteiger partial charge in [0.2, 0.25) is 0 Å². The molecule has 0 unspecified atom stereocenters. The number of aryl methyl sites for hydroxylation is 2. The first-order valence-corrected chi connectivity index (χ1v) is 7.32. The van der Waals surface area contributed by atoms with E-state index in [2.05, 4.69) is 29.0 Å². The van der Waals surface area contributed by atoms with Crippen LogP contribution in [0.25, 0.3) is 10.2 Å². The third kappa shape index (κ3) is 4.14. The lowest BCUT2D eigenvalue weighted by Crippen LogP contribution is -1.81. The maximum Gasteiger partial charge on any atom is 0.0907 e. The van der Waals surface area contributed by atoms with Gasteiger partial charge in [0.25, 0.3) is 0 Å². The standard InChI is InChI=1S/C8H7NS.C8H11N/c1-6-9-7-4-2-3-5-8(7)10-6;1-2-4-8-5-3-6-9-7-8/h2-5H,1H3;3,5-7H,2,4H2,1H3. The Morgan fingerprint density at radius 3 is 2.63 bits per heavy atom. The molecule has 0 aliphatic heterocycles. The second-order valence-corrected chi connectivity index (χ2v) is 5.55. The van der Waals surface area contributed by atoms with E-state index in [0.29, 0.717) is 0 Å². The summed E-state index contributed by atoms with van der Waals surface area (Å²) in [5, 5.41) is 1.14. The number of pyridine rings is 1. The molecule has 0 amide bonds. The van der Waals surface area contributed by atoms with Gasteiger partial charge in [-0.2, -0.15) is 0 Å². The van der Waals surface area contributed by atoms with Gasteiger partial charge in [0.15, 0.2) is 0 Å². The number of aromatic nitrogens is 2. The van der Waals surface area contributed by atoms with Gasteiger partial charge >= 0.3 is 0 Å². The summed E-state index contributed by atoms with van der Waals surface area (Å²) in [6.45, 7) is 4.21. The Hall–Kier alpha value is -1.74. The SMILES string of the molecule is CCCc1cccnc1.Cc1nc2ccccc2s1. The molecule has 0 N–H and O–H groups in total. The van der Waals surface area contributed by atoms with Crippen LogP contribution in [0.3, 0.4) is 0 Å². The summed E-state index contributed by atoms with van der Waals surface area (Å²) in [4.78, 5) is 8.33. The molecule has 0 atom stereocenters. The molecule has 0 aliphatic rings. The minimum Gasteiger partial charge on any atom is -0.264 e. The molecule has 3 heteroatoms. The largest absolute Gasteiger partial charge is 0.264 e. The van der Waals surface area contributed by atoms with Gasteiger partial charge in [-0.25, -0.2) is 4.98 Å². The molecule has 0 fully saturated rings. The van der Waals surface area contributed by atoms with Crippen molar-refractivity contribution in [2.75, 3.05) is 0 Å². The molecular formula is C16H18N2S. The van der Waals surface area contributed by atoms with Gasteiger partial charge in [0.05, 0.1) is 15.2 Å². The summed E-state index contributed by atoms with van der Waals surface area (Å²) in [5.41, 5.74) is 2.45. The van der Waals surface area contributed by atoms with Gasteiger partial charge in [-0.15, -0.1) is 11.3 Å². The molecule has 19 heavy (non-hydrogen) atoms. The third-order valence-electron chi connectivity index (χ3n) is 2.66. The van der Waals surface area contributed by atoms with E-state index in [9.17, 15) is 0 Å². The van der Waals surface area contributed by atoms with Gasteiger partial charge in [0.1, 0.15) is 0 Å². The highest BCUT2D eigenvalue weighted by molar-refractivity contribution is 7.18. The zero-order valence-electron chi connectivity index (χ0n) is 11.3. The Morgan fingerprint density at radius 1 is 1.11 bits per heavy atom. The van der Waals surface area contributed by atoms with Gasteiger partial charge < -0.3 is 0 Å². The predicted molar refractivity (Wildman–Crippen MR) is 82.6 cm³/mol. The van der Waals surface area contributed by atoms with Crippen molar-refractivity contribution in [3.8, 4) is 0 Å². The van der Waals surface area contributed by atoms with E-state index in [4.69, 9.17) is 0 Å². The molecule has 3 aromatic rings. The van der Waals surface area contributed by atoms with Crippen LogP contribution in [0.5, 0.6) is 0 Å². The molecule has 2 aromatic heterocycles. The third-order valence-corrected chi connectivity index (χ3v) is 3.61. The lowest BCUT2D eigenvalue weighted by Gasteiger charge is -1.92. The molecule has 98 valence electrons. The summed E-state index contributed by atoms with van der Waals surface area (Å²) >= 11 is 1.74. The Kier molecular flexibility index (Phi) is 5.04. The van der Waals surface area contributed by atoms with Crippen LogP contribution < -0.4 is 0 Å². The van der Waals surface area contributed by atoms with Crippen molar-refractivity contribution >= 4 is 21.6 Å². The second kappa shape index (κ2) is 7.00. The van der Waals surface area contributed by atoms with E-state index < -0.39 is 0 Å². The maximum absolute atomic E-state index is 4.33. The van der Waals surface area contributed by atoms with Crippen LogP contribution in [0.4, 0.5) is 0 Å². The molecule has 2 nitrogen and oxygen atoms in total. The molecule has 0 bridgehead atoms. The molecule has 2 heterocycles. The van der Waals surface area contributed by atoms with E-state index >= 15 is 0 Å². The van der Waals surface area contributed by atoms with Crippen molar-refractivity contribution < 1.29 is 0 Å². The second-order valence-electron chi connectivity index (χ2n) is 4.31. The fourth-order valence-corrected chi connectivity index (χ4v) is 2.65. The smallest absolute Gasteiger partial charge is 0.0907 e. The summed E-state index contributed by atoms with van der Waals surface area (Å²) in [6.07, 6.45) is 6.07. The van der Waals surface area contributed by atoms with Gasteiger partial charge in [0, 0.05) is 12.4 Å². The van der Waals surface area contributed by atoms with Crippen molar-refractivity contribution in [3.63, 3.8) is 0 Å². The zero-order valence-corrected chi connectivity index (χ0v) is 12.2. The van der Waals surface area contributed by atoms with Crippen LogP contribution in [0.1, 0.15) is 23.9 Å². The monoisotopic (exact) mass is 270 g/mol. The predicted octanol–water partition coefficient (Wildman–Crippen LogP) is 4.64. The van der Waals surface area contributed by atoms with Crippen LogP contribution in [0, 0.1) is 6.92 Å². The number of hydrogen-bond donors (Lipinski definition) is 0. The molecular weight excluding hydrogens is 252 g/mol.